The van der Waals surface area contributed by atoms with E-state index in [-0.39, 0.29) is 20.9 Å². The Morgan fingerprint density at radius 2 is 2.05 bits per heavy atom. The summed E-state index contributed by atoms with van der Waals surface area (Å²) < 4.78 is 0. The molecule has 0 aliphatic carbocycles. The van der Waals surface area contributed by atoms with Crippen molar-refractivity contribution in [1.29, 1.82) is 0 Å². The molecule has 0 atom stereocenters. The number of hydrogen-bond donors (Lipinski definition) is 3. The predicted molar refractivity (Wildman–Crippen MR) is 87.7 cm³/mol. The van der Waals surface area contributed by atoms with Gasteiger partial charge in [0.25, 0.3) is 0 Å². The Bertz CT molecular complexity index is 771. The standard InChI is InChI=1S/C13H11Cl3N4O2/c1-5-3-7(6(2)18-5)4-17-20-10-8(14)11(13(21)22)19-12(16)9(10)15/h3-4,18H,1-2H3,(H,19,20)(H,21,22)/b17-4+. The van der Waals surface area contributed by atoms with E-state index in [9.17, 15) is 4.79 Å². The number of halogens is 3. The van der Waals surface area contributed by atoms with Crippen molar-refractivity contribution >= 4 is 52.7 Å². The van der Waals surface area contributed by atoms with E-state index < -0.39 is 11.7 Å². The van der Waals surface area contributed by atoms with Crippen LogP contribution >= 0.6 is 34.8 Å². The molecule has 0 aliphatic heterocycles. The third kappa shape index (κ3) is 3.35. The molecule has 2 aromatic rings. The molecule has 116 valence electrons. The van der Waals surface area contributed by atoms with Crippen LogP contribution in [0.2, 0.25) is 15.2 Å². The molecular formula is C13H11Cl3N4O2. The molecule has 2 rings (SSSR count). The van der Waals surface area contributed by atoms with Gasteiger partial charge in [-0.3, -0.25) is 5.43 Å². The molecular weight excluding hydrogens is 351 g/mol. The van der Waals surface area contributed by atoms with Crippen LogP contribution in [0.25, 0.3) is 0 Å². The topological polar surface area (TPSA) is 90.4 Å². The number of hydrazone groups is 1. The Labute approximate surface area is 141 Å². The van der Waals surface area contributed by atoms with Crippen LogP contribution in [0.4, 0.5) is 5.69 Å². The summed E-state index contributed by atoms with van der Waals surface area (Å²) in [6, 6.07) is 1.91. The molecule has 0 aromatic carbocycles. The van der Waals surface area contributed by atoms with Gasteiger partial charge in [-0.25, -0.2) is 9.78 Å². The molecule has 0 bridgehead atoms. The molecule has 0 amide bonds. The highest BCUT2D eigenvalue weighted by Crippen LogP contribution is 2.36. The van der Waals surface area contributed by atoms with Crippen molar-refractivity contribution in [1.82, 2.24) is 9.97 Å². The van der Waals surface area contributed by atoms with Gasteiger partial charge in [-0.1, -0.05) is 34.8 Å². The molecule has 0 fully saturated rings. The Kier molecular flexibility index (Phi) is 4.95. The first-order valence-electron chi connectivity index (χ1n) is 6.04. The summed E-state index contributed by atoms with van der Waals surface area (Å²) >= 11 is 17.7. The monoisotopic (exact) mass is 360 g/mol. The zero-order valence-electron chi connectivity index (χ0n) is 11.5. The van der Waals surface area contributed by atoms with E-state index in [2.05, 4.69) is 20.5 Å². The number of aromatic amines is 1. The molecule has 0 spiro atoms. The number of carbonyl (C=O) groups is 1. The number of aryl methyl sites for hydroxylation is 2. The first-order valence-corrected chi connectivity index (χ1v) is 7.17. The number of carboxylic acids is 1. The van der Waals surface area contributed by atoms with Crippen molar-refractivity contribution in [3.05, 3.63) is 43.9 Å². The van der Waals surface area contributed by atoms with E-state index in [1.807, 2.05) is 19.9 Å². The normalized spacial score (nSPS) is 11.1. The second-order valence-electron chi connectivity index (χ2n) is 4.46. The number of hydrogen-bond acceptors (Lipinski definition) is 4. The van der Waals surface area contributed by atoms with Crippen molar-refractivity contribution < 1.29 is 9.90 Å². The zero-order chi connectivity index (χ0) is 16.4. The minimum Gasteiger partial charge on any atom is -0.476 e. The minimum atomic E-state index is -1.31. The number of nitrogens with one attached hydrogen (secondary N) is 2. The van der Waals surface area contributed by atoms with Crippen LogP contribution in [-0.2, 0) is 0 Å². The highest BCUT2D eigenvalue weighted by Gasteiger charge is 2.20. The number of nitrogens with zero attached hydrogens (tertiary/aromatic N) is 2. The molecule has 0 radical (unpaired) electrons. The maximum atomic E-state index is 11.1. The summed E-state index contributed by atoms with van der Waals surface area (Å²) in [5.41, 5.74) is 5.10. The van der Waals surface area contributed by atoms with E-state index in [1.165, 1.54) is 0 Å². The fourth-order valence-corrected chi connectivity index (χ4v) is 2.47. The summed E-state index contributed by atoms with van der Waals surface area (Å²) in [5.74, 6) is -1.31. The largest absolute Gasteiger partial charge is 0.476 e. The summed E-state index contributed by atoms with van der Waals surface area (Å²) in [5, 5.41) is 12.7. The van der Waals surface area contributed by atoms with Crippen LogP contribution in [0.1, 0.15) is 27.4 Å². The maximum Gasteiger partial charge on any atom is 0.356 e. The molecule has 2 aromatic heterocycles. The first-order chi connectivity index (χ1) is 10.3. The average Bonchev–Trinajstić information content (AvgIpc) is 2.75. The van der Waals surface area contributed by atoms with Gasteiger partial charge in [0.15, 0.2) is 10.8 Å². The van der Waals surface area contributed by atoms with Gasteiger partial charge < -0.3 is 10.1 Å². The van der Waals surface area contributed by atoms with Gasteiger partial charge in [0.1, 0.15) is 10.0 Å². The van der Waals surface area contributed by atoms with Crippen molar-refractivity contribution in [2.45, 2.75) is 13.8 Å². The Balaban J connectivity index is 2.33. The molecule has 3 N–H and O–H groups in total. The quantitative estimate of drug-likeness (QED) is 0.434. The first kappa shape index (κ1) is 16.6. The van der Waals surface area contributed by atoms with E-state index in [0.717, 1.165) is 17.0 Å². The van der Waals surface area contributed by atoms with Crippen LogP contribution in [-0.4, -0.2) is 27.3 Å². The zero-order valence-corrected chi connectivity index (χ0v) is 13.8. The Morgan fingerprint density at radius 3 is 2.59 bits per heavy atom. The van der Waals surface area contributed by atoms with E-state index in [4.69, 9.17) is 39.9 Å². The number of aromatic nitrogens is 2. The maximum absolute atomic E-state index is 11.1. The summed E-state index contributed by atoms with van der Waals surface area (Å²) in [7, 11) is 0. The second-order valence-corrected chi connectivity index (χ2v) is 5.58. The van der Waals surface area contributed by atoms with Crippen molar-refractivity contribution in [2.75, 3.05) is 5.43 Å². The lowest BCUT2D eigenvalue weighted by Crippen LogP contribution is -2.05. The van der Waals surface area contributed by atoms with E-state index in [0.29, 0.717) is 0 Å². The van der Waals surface area contributed by atoms with Crippen molar-refractivity contribution in [3.8, 4) is 0 Å². The fraction of sp³-hybridized carbons (Fsp3) is 0.154. The van der Waals surface area contributed by atoms with E-state index in [1.54, 1.807) is 6.21 Å². The average molecular weight is 362 g/mol. The molecule has 22 heavy (non-hydrogen) atoms. The lowest BCUT2D eigenvalue weighted by molar-refractivity contribution is 0.0691. The van der Waals surface area contributed by atoms with Crippen molar-refractivity contribution in [2.24, 2.45) is 5.10 Å². The van der Waals surface area contributed by atoms with Crippen LogP contribution in [0.3, 0.4) is 0 Å². The SMILES string of the molecule is Cc1cc(/C=N/Nc2c(Cl)c(Cl)nc(C(=O)O)c2Cl)c(C)[nH]1. The molecule has 0 aliphatic rings. The van der Waals surface area contributed by atoms with Gasteiger partial charge in [-0.2, -0.15) is 5.10 Å². The molecule has 2 heterocycles. The second kappa shape index (κ2) is 6.56. The minimum absolute atomic E-state index is 0.00390. The molecule has 9 heteroatoms. The third-order valence-corrected chi connectivity index (χ3v) is 3.92. The molecule has 0 saturated heterocycles. The Hall–Kier alpha value is -1.76. The van der Waals surface area contributed by atoms with Gasteiger partial charge in [0, 0.05) is 17.0 Å². The number of aromatic carboxylic acids is 1. The summed E-state index contributed by atoms with van der Waals surface area (Å²) in [6.07, 6.45) is 1.56. The highest BCUT2D eigenvalue weighted by molar-refractivity contribution is 6.46. The van der Waals surface area contributed by atoms with Gasteiger partial charge in [-0.05, 0) is 19.9 Å². The van der Waals surface area contributed by atoms with Gasteiger partial charge in [0.05, 0.1) is 11.9 Å². The van der Waals surface area contributed by atoms with Crippen molar-refractivity contribution in [3.63, 3.8) is 0 Å². The number of anilines is 1. The van der Waals surface area contributed by atoms with Crippen LogP contribution in [0.5, 0.6) is 0 Å². The van der Waals surface area contributed by atoms with Gasteiger partial charge in [-0.15, -0.1) is 0 Å². The third-order valence-electron chi connectivity index (χ3n) is 2.81. The smallest absolute Gasteiger partial charge is 0.356 e. The lowest BCUT2D eigenvalue weighted by atomic mass is 10.3. The predicted octanol–water partition coefficient (Wildman–Crippen LogP) is 4.13. The van der Waals surface area contributed by atoms with Crippen LogP contribution < -0.4 is 5.43 Å². The molecule has 0 saturated carbocycles. The highest BCUT2D eigenvalue weighted by atomic mass is 35.5. The molecule has 6 nitrogen and oxygen atoms in total. The Morgan fingerprint density at radius 1 is 1.36 bits per heavy atom. The summed E-state index contributed by atoms with van der Waals surface area (Å²) in [6.45, 7) is 3.83. The van der Waals surface area contributed by atoms with Gasteiger partial charge in [0.2, 0.25) is 0 Å². The van der Waals surface area contributed by atoms with Gasteiger partial charge >= 0.3 is 5.97 Å². The number of carboxylic acid groups (broad SMARTS) is 1. The number of H-pyrrole nitrogens is 1. The number of pyridine rings is 1. The van der Waals surface area contributed by atoms with Crippen LogP contribution in [0.15, 0.2) is 11.2 Å². The molecule has 0 unspecified atom stereocenters. The van der Waals surface area contributed by atoms with Crippen LogP contribution in [0, 0.1) is 13.8 Å². The van der Waals surface area contributed by atoms with E-state index >= 15 is 0 Å². The summed E-state index contributed by atoms with van der Waals surface area (Å²) in [4.78, 5) is 17.8. The fourth-order valence-electron chi connectivity index (χ4n) is 1.80. The number of rotatable bonds is 4. The lowest BCUT2D eigenvalue weighted by Gasteiger charge is -2.09.